The third kappa shape index (κ3) is 1.65. The molecule has 0 bridgehead atoms. The number of rotatable bonds is 1. The molecule has 2 rings (SSSR count). The molecule has 6 heteroatoms. The van der Waals surface area contributed by atoms with Crippen molar-refractivity contribution in [2.45, 2.75) is 0 Å². The first-order valence-electron chi connectivity index (χ1n) is 4.09. The van der Waals surface area contributed by atoms with E-state index in [9.17, 15) is 4.79 Å². The molecule has 0 radical (unpaired) electrons. The smallest absolute Gasteiger partial charge is 0.432 e. The topological polar surface area (TPSA) is 64.4 Å². The minimum absolute atomic E-state index is 0.563. The maximum atomic E-state index is 10.8. The van der Waals surface area contributed by atoms with Gasteiger partial charge in [-0.2, -0.15) is 9.78 Å². The summed E-state index contributed by atoms with van der Waals surface area (Å²) in [5.41, 5.74) is 0.563. The predicted molar refractivity (Wildman–Crippen MR) is 62.4 cm³/mol. The number of carbonyl (C=O) groups is 1. The van der Waals surface area contributed by atoms with E-state index in [-0.39, 0.29) is 0 Å². The van der Waals surface area contributed by atoms with E-state index in [1.807, 2.05) is 22.6 Å². The first kappa shape index (κ1) is 10.2. The highest BCUT2D eigenvalue weighted by atomic mass is 127. The van der Waals surface area contributed by atoms with Crippen LogP contribution in [-0.2, 0) is 0 Å². The van der Waals surface area contributed by atoms with Gasteiger partial charge < -0.3 is 9.84 Å². The summed E-state index contributed by atoms with van der Waals surface area (Å²) in [6, 6.07) is 5.15. The monoisotopic (exact) mass is 318 g/mol. The number of ether oxygens (including phenoxy) is 1. The number of nitrogens with zero attached hydrogens (tertiary/aromatic N) is 2. The van der Waals surface area contributed by atoms with Crippen LogP contribution < -0.4 is 4.74 Å². The molecule has 5 nitrogen and oxygen atoms in total. The zero-order valence-corrected chi connectivity index (χ0v) is 9.93. The number of carboxylic acid groups (broad SMARTS) is 1. The molecule has 0 saturated heterocycles. The van der Waals surface area contributed by atoms with Crippen LogP contribution >= 0.6 is 22.6 Å². The SMILES string of the molecule is COc1ccc2c(c1)c(I)nn2C(=O)O. The molecule has 0 fully saturated rings. The lowest BCUT2D eigenvalue weighted by atomic mass is 10.2. The highest BCUT2D eigenvalue weighted by Crippen LogP contribution is 2.24. The average Bonchev–Trinajstić information content (AvgIpc) is 2.56. The van der Waals surface area contributed by atoms with Crippen molar-refractivity contribution in [1.29, 1.82) is 0 Å². The van der Waals surface area contributed by atoms with Crippen molar-refractivity contribution in [2.24, 2.45) is 0 Å². The molecule has 15 heavy (non-hydrogen) atoms. The fourth-order valence-electron chi connectivity index (χ4n) is 1.33. The van der Waals surface area contributed by atoms with Crippen molar-refractivity contribution in [3.8, 4) is 5.75 Å². The van der Waals surface area contributed by atoms with E-state index in [0.29, 0.717) is 15.0 Å². The Morgan fingerprint density at radius 1 is 1.60 bits per heavy atom. The van der Waals surface area contributed by atoms with Crippen molar-refractivity contribution in [1.82, 2.24) is 9.78 Å². The summed E-state index contributed by atoms with van der Waals surface area (Å²) in [5.74, 6) is 0.686. The van der Waals surface area contributed by atoms with Crippen LogP contribution in [0.25, 0.3) is 10.9 Å². The highest BCUT2D eigenvalue weighted by molar-refractivity contribution is 14.1. The fraction of sp³-hybridized carbons (Fsp3) is 0.111. The molecule has 1 aromatic carbocycles. The van der Waals surface area contributed by atoms with Crippen LogP contribution in [0.2, 0.25) is 0 Å². The third-order valence-corrected chi connectivity index (χ3v) is 2.82. The molecule has 0 aliphatic heterocycles. The molecular formula is C9H7IN2O3. The molecule has 0 amide bonds. The van der Waals surface area contributed by atoms with E-state index in [2.05, 4.69) is 5.10 Å². The Morgan fingerprint density at radius 2 is 2.33 bits per heavy atom. The number of hydrogen-bond acceptors (Lipinski definition) is 3. The second-order valence-electron chi connectivity index (χ2n) is 2.87. The van der Waals surface area contributed by atoms with Crippen molar-refractivity contribution >= 4 is 39.6 Å². The molecule has 1 heterocycles. The summed E-state index contributed by atoms with van der Waals surface area (Å²) in [6.07, 6.45) is -1.09. The highest BCUT2D eigenvalue weighted by Gasteiger charge is 2.13. The summed E-state index contributed by atoms with van der Waals surface area (Å²) in [6.45, 7) is 0. The number of hydrogen-bond donors (Lipinski definition) is 1. The van der Waals surface area contributed by atoms with Crippen molar-refractivity contribution in [3.63, 3.8) is 0 Å². The summed E-state index contributed by atoms with van der Waals surface area (Å²) in [5, 5.41) is 13.6. The fourth-order valence-corrected chi connectivity index (χ4v) is 1.98. The zero-order chi connectivity index (χ0) is 11.0. The predicted octanol–water partition coefficient (Wildman–Crippen LogP) is 2.18. The van der Waals surface area contributed by atoms with Gasteiger partial charge in [-0.15, -0.1) is 0 Å². The molecule has 0 atom stereocenters. The normalized spacial score (nSPS) is 10.5. The van der Waals surface area contributed by atoms with E-state index in [1.54, 1.807) is 25.3 Å². The Labute approximate surface area is 98.8 Å². The Balaban J connectivity index is 2.75. The molecule has 0 aliphatic rings. The lowest BCUT2D eigenvalue weighted by Gasteiger charge is -1.99. The van der Waals surface area contributed by atoms with Gasteiger partial charge in [-0.05, 0) is 40.8 Å². The van der Waals surface area contributed by atoms with Gasteiger partial charge in [0, 0.05) is 5.39 Å². The van der Waals surface area contributed by atoms with Gasteiger partial charge >= 0.3 is 6.09 Å². The maximum Gasteiger partial charge on any atom is 0.432 e. The van der Waals surface area contributed by atoms with Gasteiger partial charge in [0.1, 0.15) is 9.45 Å². The summed E-state index contributed by atoms with van der Waals surface area (Å²) >= 11 is 1.99. The molecule has 0 unspecified atom stereocenters. The van der Waals surface area contributed by atoms with Crippen LogP contribution in [0, 0.1) is 3.70 Å². The number of methoxy groups -OCH3 is 1. The largest absolute Gasteiger partial charge is 0.497 e. The summed E-state index contributed by atoms with van der Waals surface area (Å²) in [4.78, 5) is 10.8. The van der Waals surface area contributed by atoms with Crippen LogP contribution in [0.1, 0.15) is 0 Å². The van der Waals surface area contributed by atoms with Crippen LogP contribution in [0.3, 0.4) is 0 Å². The lowest BCUT2D eigenvalue weighted by molar-refractivity contribution is 0.194. The van der Waals surface area contributed by atoms with Crippen molar-refractivity contribution in [3.05, 3.63) is 21.9 Å². The average molecular weight is 318 g/mol. The van der Waals surface area contributed by atoms with Crippen molar-refractivity contribution in [2.75, 3.05) is 7.11 Å². The Morgan fingerprint density at radius 3 is 2.93 bits per heavy atom. The zero-order valence-electron chi connectivity index (χ0n) is 7.77. The molecule has 0 spiro atoms. The Hall–Kier alpha value is -1.31. The second-order valence-corrected chi connectivity index (χ2v) is 3.89. The molecule has 1 aromatic heterocycles. The van der Waals surface area contributed by atoms with Crippen LogP contribution in [0.15, 0.2) is 18.2 Å². The van der Waals surface area contributed by atoms with Gasteiger partial charge in [-0.1, -0.05) is 0 Å². The van der Waals surface area contributed by atoms with E-state index in [1.165, 1.54) is 0 Å². The second kappa shape index (κ2) is 3.69. The van der Waals surface area contributed by atoms with Crippen molar-refractivity contribution < 1.29 is 14.6 Å². The Bertz CT molecular complexity index is 535. The maximum absolute atomic E-state index is 10.8. The number of fused-ring (bicyclic) bond motifs is 1. The molecule has 1 N–H and O–H groups in total. The van der Waals surface area contributed by atoms with Crippen LogP contribution in [-0.4, -0.2) is 28.1 Å². The molecule has 2 aromatic rings. The quantitative estimate of drug-likeness (QED) is 0.819. The molecule has 0 aliphatic carbocycles. The minimum atomic E-state index is -1.09. The van der Waals surface area contributed by atoms with Gasteiger partial charge in [-0.25, -0.2) is 4.79 Å². The lowest BCUT2D eigenvalue weighted by Crippen LogP contribution is -2.09. The van der Waals surface area contributed by atoms with E-state index < -0.39 is 6.09 Å². The van der Waals surface area contributed by atoms with E-state index >= 15 is 0 Å². The van der Waals surface area contributed by atoms with Crippen LogP contribution in [0.5, 0.6) is 5.75 Å². The third-order valence-electron chi connectivity index (χ3n) is 2.02. The van der Waals surface area contributed by atoms with Gasteiger partial charge in [0.15, 0.2) is 0 Å². The van der Waals surface area contributed by atoms with Gasteiger partial charge in [0.2, 0.25) is 0 Å². The summed E-state index contributed by atoms with van der Waals surface area (Å²) in [7, 11) is 1.57. The van der Waals surface area contributed by atoms with E-state index in [4.69, 9.17) is 9.84 Å². The molecule has 78 valence electrons. The van der Waals surface area contributed by atoms with E-state index in [0.717, 1.165) is 10.1 Å². The van der Waals surface area contributed by atoms with Gasteiger partial charge in [-0.3, -0.25) is 0 Å². The molecular weight excluding hydrogens is 311 g/mol. The summed E-state index contributed by atoms with van der Waals surface area (Å²) < 4.78 is 6.66. The van der Waals surface area contributed by atoms with Gasteiger partial charge in [0.05, 0.1) is 12.6 Å². The van der Waals surface area contributed by atoms with Gasteiger partial charge in [0.25, 0.3) is 0 Å². The number of halogens is 1. The molecule has 0 saturated carbocycles. The van der Waals surface area contributed by atoms with Crippen LogP contribution in [0.4, 0.5) is 4.79 Å². The Kier molecular flexibility index (Phi) is 2.51. The first-order chi connectivity index (χ1) is 7.13. The first-order valence-corrected chi connectivity index (χ1v) is 5.17. The minimum Gasteiger partial charge on any atom is -0.497 e. The number of benzene rings is 1. The standard InChI is InChI=1S/C9H7IN2O3/c1-15-5-2-3-7-6(4-5)8(10)11-12(7)9(13)14/h2-4H,1H3,(H,13,14). The number of aromatic nitrogens is 2.